The molecule has 0 amide bonds. The Morgan fingerprint density at radius 2 is 2.57 bits per heavy atom. The van der Waals surface area contributed by atoms with Gasteiger partial charge in [0.05, 0.1) is 5.69 Å². The number of aromatic nitrogens is 1. The molecule has 0 bridgehead atoms. The lowest BCUT2D eigenvalue weighted by Crippen LogP contribution is -1.68. The van der Waals surface area contributed by atoms with E-state index in [9.17, 15) is 4.39 Å². The smallest absolute Gasteiger partial charge is 0.215 e. The summed E-state index contributed by atoms with van der Waals surface area (Å²) in [5.74, 6) is 0. The van der Waals surface area contributed by atoms with Crippen LogP contribution in [-0.4, -0.2) is 4.98 Å². The summed E-state index contributed by atoms with van der Waals surface area (Å²) in [6, 6.07) is 0. The highest BCUT2D eigenvalue weighted by atomic mass is 32.1. The van der Waals surface area contributed by atoms with Crippen molar-refractivity contribution in [3.63, 3.8) is 0 Å². The summed E-state index contributed by atoms with van der Waals surface area (Å²) < 4.78 is 11.8. The van der Waals surface area contributed by atoms with Crippen LogP contribution in [0.3, 0.4) is 0 Å². The fourth-order valence-electron chi connectivity index (χ4n) is 0.282. The molecule has 0 spiro atoms. The predicted octanol–water partition coefficient (Wildman–Crippen LogP) is 1.46. The number of halogens is 1. The highest BCUT2D eigenvalue weighted by molar-refractivity contribution is 7.08. The standard InChI is InChI=1S/C4H3FNS/c1-3-2-7-4(5)6-3/h2H,1H2. The molecule has 0 saturated heterocycles. The molecule has 0 saturated carbocycles. The van der Waals surface area contributed by atoms with Crippen LogP contribution in [0.4, 0.5) is 4.39 Å². The monoisotopic (exact) mass is 116 g/mol. The Morgan fingerprint density at radius 3 is 2.71 bits per heavy atom. The SMILES string of the molecule is [CH2]c1csc(F)n1. The maximum atomic E-state index is 11.8. The first-order chi connectivity index (χ1) is 3.29. The van der Waals surface area contributed by atoms with E-state index in [-0.39, 0.29) is 0 Å². The van der Waals surface area contributed by atoms with Crippen molar-refractivity contribution in [1.82, 2.24) is 4.98 Å². The van der Waals surface area contributed by atoms with Crippen LogP contribution >= 0.6 is 11.3 Å². The molecule has 0 N–H and O–H groups in total. The topological polar surface area (TPSA) is 12.9 Å². The lowest BCUT2D eigenvalue weighted by atomic mass is 10.6. The van der Waals surface area contributed by atoms with Gasteiger partial charge in [-0.3, -0.25) is 0 Å². The number of hydrogen-bond acceptors (Lipinski definition) is 2. The average molecular weight is 116 g/mol. The van der Waals surface area contributed by atoms with Gasteiger partial charge in [0.2, 0.25) is 0 Å². The van der Waals surface area contributed by atoms with Crippen molar-refractivity contribution in [1.29, 1.82) is 0 Å². The fourth-order valence-corrected chi connectivity index (χ4v) is 0.738. The van der Waals surface area contributed by atoms with E-state index in [2.05, 4.69) is 11.9 Å². The molecule has 0 fully saturated rings. The van der Waals surface area contributed by atoms with E-state index >= 15 is 0 Å². The lowest BCUT2D eigenvalue weighted by Gasteiger charge is -1.67. The van der Waals surface area contributed by atoms with Gasteiger partial charge >= 0.3 is 0 Å². The maximum absolute atomic E-state index is 11.8. The van der Waals surface area contributed by atoms with Gasteiger partial charge in [0.1, 0.15) is 0 Å². The summed E-state index contributed by atoms with van der Waals surface area (Å²) in [4.78, 5) is 3.35. The van der Waals surface area contributed by atoms with Crippen LogP contribution in [0.25, 0.3) is 0 Å². The van der Waals surface area contributed by atoms with Gasteiger partial charge in [0.25, 0.3) is 5.26 Å². The molecule has 0 aliphatic carbocycles. The van der Waals surface area contributed by atoms with Crippen molar-refractivity contribution in [2.75, 3.05) is 0 Å². The first-order valence-electron chi connectivity index (χ1n) is 1.72. The second-order valence-corrected chi connectivity index (χ2v) is 1.90. The quantitative estimate of drug-likeness (QED) is 0.500. The summed E-state index contributed by atoms with van der Waals surface area (Å²) in [5.41, 5.74) is 0.502. The van der Waals surface area contributed by atoms with Gasteiger partial charge in [0, 0.05) is 5.38 Å². The highest BCUT2D eigenvalue weighted by Crippen LogP contribution is 2.04. The molecule has 3 heteroatoms. The average Bonchev–Trinajstić information content (AvgIpc) is 1.87. The molecule has 0 unspecified atom stereocenters. The number of rotatable bonds is 0. The fraction of sp³-hybridized carbons (Fsp3) is 0. The molecular formula is C4H3FNS. The Hall–Kier alpha value is -0.440. The van der Waals surface area contributed by atoms with Gasteiger partial charge in [-0.25, -0.2) is 4.98 Å². The molecule has 1 heterocycles. The maximum Gasteiger partial charge on any atom is 0.269 e. The van der Waals surface area contributed by atoms with E-state index in [1.807, 2.05) is 0 Å². The van der Waals surface area contributed by atoms with Crippen LogP contribution in [0.15, 0.2) is 5.38 Å². The molecule has 0 aliphatic heterocycles. The lowest BCUT2D eigenvalue weighted by molar-refractivity contribution is 0.615. The third-order valence-corrected chi connectivity index (χ3v) is 1.20. The number of nitrogens with zero attached hydrogens (tertiary/aromatic N) is 1. The summed E-state index contributed by atoms with van der Waals surface area (Å²) in [6.07, 6.45) is 0. The minimum absolute atomic E-state index is 0.412. The van der Waals surface area contributed by atoms with Crippen LogP contribution in [0, 0.1) is 12.2 Å². The summed E-state index contributed by atoms with van der Waals surface area (Å²) in [6.45, 7) is 3.40. The Balaban J connectivity index is 3.04. The minimum atomic E-state index is -0.412. The predicted molar refractivity (Wildman–Crippen MR) is 26.5 cm³/mol. The van der Waals surface area contributed by atoms with Crippen molar-refractivity contribution in [2.24, 2.45) is 0 Å². The van der Waals surface area contributed by atoms with E-state index in [0.29, 0.717) is 5.69 Å². The van der Waals surface area contributed by atoms with E-state index in [1.54, 1.807) is 5.38 Å². The van der Waals surface area contributed by atoms with Crippen molar-refractivity contribution in [2.45, 2.75) is 0 Å². The van der Waals surface area contributed by atoms with Gasteiger partial charge in [-0.1, -0.05) is 11.3 Å². The Morgan fingerprint density at radius 1 is 1.86 bits per heavy atom. The van der Waals surface area contributed by atoms with Gasteiger partial charge < -0.3 is 0 Å². The number of thiazole rings is 1. The second kappa shape index (κ2) is 1.58. The summed E-state index contributed by atoms with van der Waals surface area (Å²) >= 11 is 0.964. The highest BCUT2D eigenvalue weighted by Gasteiger charge is 1.90. The Kier molecular flexibility index (Phi) is 1.06. The molecule has 1 aromatic heterocycles. The molecule has 7 heavy (non-hydrogen) atoms. The van der Waals surface area contributed by atoms with Crippen LogP contribution in [0.2, 0.25) is 0 Å². The molecule has 0 atom stereocenters. The molecule has 0 aromatic carbocycles. The van der Waals surface area contributed by atoms with Gasteiger partial charge in [-0.05, 0) is 6.92 Å². The molecule has 1 aromatic rings. The second-order valence-electron chi connectivity index (χ2n) is 1.09. The Labute approximate surface area is 44.8 Å². The van der Waals surface area contributed by atoms with Crippen molar-refractivity contribution < 1.29 is 4.39 Å². The summed E-state index contributed by atoms with van der Waals surface area (Å²) in [5, 5.41) is 1.15. The zero-order valence-corrected chi connectivity index (χ0v) is 4.33. The molecule has 1 radical (unpaired) electrons. The zero-order chi connectivity index (χ0) is 5.28. The van der Waals surface area contributed by atoms with Crippen molar-refractivity contribution in [3.05, 3.63) is 23.3 Å². The first-order valence-corrected chi connectivity index (χ1v) is 2.60. The van der Waals surface area contributed by atoms with Gasteiger partial charge in [0.15, 0.2) is 0 Å². The van der Waals surface area contributed by atoms with Crippen molar-refractivity contribution in [3.8, 4) is 0 Å². The normalized spacial score (nSPS) is 9.43. The van der Waals surface area contributed by atoms with E-state index in [1.165, 1.54) is 0 Å². The van der Waals surface area contributed by atoms with Crippen LogP contribution < -0.4 is 0 Å². The summed E-state index contributed by atoms with van der Waals surface area (Å²) in [7, 11) is 0. The van der Waals surface area contributed by atoms with E-state index < -0.39 is 5.26 Å². The third-order valence-electron chi connectivity index (χ3n) is 0.524. The molecule has 0 aliphatic rings. The molecule has 1 rings (SSSR count). The van der Waals surface area contributed by atoms with E-state index in [4.69, 9.17) is 0 Å². The molecule has 37 valence electrons. The molecular weight excluding hydrogens is 113 g/mol. The largest absolute Gasteiger partial charge is 0.269 e. The van der Waals surface area contributed by atoms with Gasteiger partial charge in [-0.2, -0.15) is 4.39 Å². The third kappa shape index (κ3) is 0.962. The van der Waals surface area contributed by atoms with Crippen molar-refractivity contribution >= 4 is 11.3 Å². The Bertz CT molecular complexity index is 144. The van der Waals surface area contributed by atoms with Crippen LogP contribution in [0.1, 0.15) is 5.69 Å². The van der Waals surface area contributed by atoms with Crippen LogP contribution in [-0.2, 0) is 0 Å². The molecule has 1 nitrogen and oxygen atoms in total. The first kappa shape index (κ1) is 4.71. The zero-order valence-electron chi connectivity index (χ0n) is 3.52. The van der Waals surface area contributed by atoms with Gasteiger partial charge in [-0.15, -0.1) is 0 Å². The van der Waals surface area contributed by atoms with E-state index in [0.717, 1.165) is 11.3 Å². The van der Waals surface area contributed by atoms with Crippen LogP contribution in [0.5, 0.6) is 0 Å². The minimum Gasteiger partial charge on any atom is -0.215 e. The number of hydrogen-bond donors (Lipinski definition) is 0.